The molecule has 5 nitrogen and oxygen atoms in total. The van der Waals surface area contributed by atoms with Crippen LogP contribution in [0, 0.1) is 4.78 Å². The molecular formula is C18H31NO4S2. The van der Waals surface area contributed by atoms with Crippen molar-refractivity contribution in [2.75, 3.05) is 12.5 Å². The maximum atomic E-state index is 12.3. The molecule has 1 N–H and O–H groups in total. The molecule has 0 saturated carbocycles. The van der Waals surface area contributed by atoms with Gasteiger partial charge in [0.05, 0.1) is 0 Å². The van der Waals surface area contributed by atoms with Crippen LogP contribution >= 0.6 is 0 Å². The number of nitrogens with one attached hydrogen (secondary N) is 1. The first-order chi connectivity index (χ1) is 12.1. The monoisotopic (exact) mass is 389 g/mol. The summed E-state index contributed by atoms with van der Waals surface area (Å²) in [5, 5.41) is 0.191. The van der Waals surface area contributed by atoms with Crippen LogP contribution in [-0.2, 0) is 29.1 Å². The molecular weight excluding hydrogens is 358 g/mol. The average molecular weight is 390 g/mol. The van der Waals surface area contributed by atoms with Crippen LogP contribution in [-0.4, -0.2) is 26.6 Å². The third-order valence-electron chi connectivity index (χ3n) is 4.11. The van der Waals surface area contributed by atoms with E-state index in [0.717, 1.165) is 30.1 Å². The van der Waals surface area contributed by atoms with E-state index in [1.165, 1.54) is 37.7 Å². The van der Waals surface area contributed by atoms with E-state index in [2.05, 4.69) is 13.8 Å². The zero-order valence-corrected chi connectivity index (χ0v) is 17.0. The highest BCUT2D eigenvalue weighted by Gasteiger charge is 2.19. The lowest BCUT2D eigenvalue weighted by Gasteiger charge is -2.18. The van der Waals surface area contributed by atoms with E-state index in [1.54, 1.807) is 0 Å². The van der Waals surface area contributed by atoms with Crippen LogP contribution in [0.3, 0.4) is 0 Å². The van der Waals surface area contributed by atoms with Crippen molar-refractivity contribution < 1.29 is 18.2 Å². The van der Waals surface area contributed by atoms with E-state index in [-0.39, 0.29) is 5.25 Å². The number of unbranched alkanes of at least 4 members (excludes halogenated alkanes) is 5. The highest BCUT2D eigenvalue weighted by atomic mass is 32.2. The Morgan fingerprint density at radius 1 is 1.20 bits per heavy atom. The van der Waals surface area contributed by atoms with Crippen LogP contribution in [0.2, 0.25) is 0 Å². The van der Waals surface area contributed by atoms with Gasteiger partial charge >= 0.3 is 0 Å². The number of hydrogen-bond acceptors (Lipinski definition) is 5. The Morgan fingerprint density at radius 3 is 2.56 bits per heavy atom. The summed E-state index contributed by atoms with van der Waals surface area (Å²) in [7, 11) is 0. The fourth-order valence-electron chi connectivity index (χ4n) is 2.72. The van der Waals surface area contributed by atoms with E-state index < -0.39 is 22.6 Å². The smallest absolute Gasteiger partial charge is 0.231 e. The lowest BCUT2D eigenvalue weighted by molar-refractivity contribution is 0.174. The van der Waals surface area contributed by atoms with Crippen LogP contribution in [0.25, 0.3) is 0 Å². The van der Waals surface area contributed by atoms with Crippen molar-refractivity contribution in [3.8, 4) is 11.5 Å². The van der Waals surface area contributed by atoms with Crippen molar-refractivity contribution in [2.24, 2.45) is 0 Å². The Morgan fingerprint density at radius 2 is 1.84 bits per heavy atom. The predicted octanol–water partition coefficient (Wildman–Crippen LogP) is 3.88. The molecule has 0 aliphatic carbocycles. The van der Waals surface area contributed by atoms with Crippen molar-refractivity contribution in [2.45, 2.75) is 64.0 Å². The molecule has 7 heteroatoms. The molecule has 0 bridgehead atoms. The van der Waals surface area contributed by atoms with Crippen molar-refractivity contribution in [1.29, 1.82) is 4.78 Å². The highest BCUT2D eigenvalue weighted by molar-refractivity contribution is 7.91. The summed E-state index contributed by atoms with van der Waals surface area (Å²) in [6.07, 6.45) is 8.32. The van der Waals surface area contributed by atoms with Gasteiger partial charge in [0.2, 0.25) is 6.79 Å². The third kappa shape index (κ3) is 8.83. The summed E-state index contributed by atoms with van der Waals surface area (Å²) in [5.41, 5.74) is 1.17. The second-order valence-corrected chi connectivity index (χ2v) is 8.34. The molecule has 1 aromatic carbocycles. The Kier molecular flexibility index (Phi) is 11.8. The normalized spacial score (nSPS) is 15.0. The standard InChI is InChI=1S/C18H28O3S.H3NOS/c1-3-4-5-6-7-8-11-22(19)15(2)12-16-9-10-17-18(13-16)21-14-20-17;1-3-2/h9-10,13,15H,3-8,11-12,14H2,1-2H3;1H,3H2. The van der Waals surface area contributed by atoms with Crippen molar-refractivity contribution in [3.63, 3.8) is 0 Å². The molecule has 2 atom stereocenters. The predicted molar refractivity (Wildman–Crippen MR) is 106 cm³/mol. The van der Waals surface area contributed by atoms with Gasteiger partial charge in [-0.15, -0.1) is 0 Å². The number of fused-ring (bicyclic) bond motifs is 1. The lowest BCUT2D eigenvalue weighted by Crippen LogP contribution is -2.23. The molecule has 0 saturated heterocycles. The molecule has 2 rings (SSSR count). The second kappa shape index (κ2) is 13.3. The third-order valence-corrected chi connectivity index (χ3v) is 5.86. The molecule has 144 valence electrons. The molecule has 0 aromatic heterocycles. The molecule has 1 aliphatic rings. The zero-order valence-electron chi connectivity index (χ0n) is 15.2. The van der Waals surface area contributed by atoms with Crippen molar-refractivity contribution in [1.82, 2.24) is 0 Å². The van der Waals surface area contributed by atoms with E-state index in [0.29, 0.717) is 6.79 Å². The van der Waals surface area contributed by atoms with E-state index >= 15 is 0 Å². The molecule has 0 fully saturated rings. The van der Waals surface area contributed by atoms with E-state index in [9.17, 15) is 4.55 Å². The van der Waals surface area contributed by atoms with Gasteiger partial charge in [0.25, 0.3) is 0 Å². The minimum Gasteiger partial charge on any atom is -0.616 e. The molecule has 0 radical (unpaired) electrons. The van der Waals surface area contributed by atoms with E-state index in [4.69, 9.17) is 18.5 Å². The largest absolute Gasteiger partial charge is 0.616 e. The molecule has 2 unspecified atom stereocenters. The molecule has 1 heterocycles. The lowest BCUT2D eigenvalue weighted by atomic mass is 10.1. The van der Waals surface area contributed by atoms with Gasteiger partial charge in [-0.1, -0.05) is 49.8 Å². The van der Waals surface area contributed by atoms with Crippen LogP contribution in [0.15, 0.2) is 18.2 Å². The van der Waals surface area contributed by atoms with Gasteiger partial charge in [-0.2, -0.15) is 0 Å². The number of ether oxygens (including phenoxy) is 2. The average Bonchev–Trinajstić information content (AvgIpc) is 3.06. The maximum absolute atomic E-state index is 12.3. The fraction of sp³-hybridized carbons (Fsp3) is 0.667. The molecule has 25 heavy (non-hydrogen) atoms. The summed E-state index contributed by atoms with van der Waals surface area (Å²) in [5.74, 6) is 2.45. The van der Waals surface area contributed by atoms with Gasteiger partial charge in [-0.05, 0) is 37.5 Å². The summed E-state index contributed by atoms with van der Waals surface area (Å²) >= 11 is -1.66. The molecule has 1 aromatic rings. The van der Waals surface area contributed by atoms with Crippen LogP contribution in [0.4, 0.5) is 0 Å². The number of hydrogen-bond donors (Lipinski definition) is 1. The first-order valence-corrected chi connectivity index (χ1v) is 11.2. The first kappa shape index (κ1) is 22.1. The zero-order chi connectivity index (χ0) is 18.5. The van der Waals surface area contributed by atoms with Crippen LogP contribution in [0.1, 0.15) is 57.9 Å². The van der Waals surface area contributed by atoms with Crippen LogP contribution < -0.4 is 9.47 Å². The Bertz CT molecular complexity index is 536. The number of rotatable bonds is 10. The minimum absolute atomic E-state index is 0.191. The van der Waals surface area contributed by atoms with E-state index in [1.807, 2.05) is 18.2 Å². The van der Waals surface area contributed by atoms with Gasteiger partial charge in [0, 0.05) is 17.9 Å². The Labute approximate surface area is 157 Å². The Balaban J connectivity index is 0.000000970. The SMILES string of the molecule is CCCCCCCC[S+]([O-])C(C)Cc1ccc2c(c1)OCO2.N=[SH2]=O. The van der Waals surface area contributed by atoms with Gasteiger partial charge in [0.1, 0.15) is 11.0 Å². The van der Waals surface area contributed by atoms with Crippen molar-refractivity contribution in [3.05, 3.63) is 23.8 Å². The van der Waals surface area contributed by atoms with Crippen LogP contribution in [0.5, 0.6) is 11.5 Å². The molecule has 0 amide bonds. The molecule has 0 spiro atoms. The summed E-state index contributed by atoms with van der Waals surface area (Å²) in [6, 6.07) is 6.01. The highest BCUT2D eigenvalue weighted by Crippen LogP contribution is 2.33. The topological polar surface area (TPSA) is 82.4 Å². The second-order valence-electron chi connectivity index (χ2n) is 6.16. The Hall–Kier alpha value is -0.920. The van der Waals surface area contributed by atoms with Gasteiger partial charge < -0.3 is 14.0 Å². The van der Waals surface area contributed by atoms with Gasteiger partial charge in [-0.3, -0.25) is 8.99 Å². The minimum atomic E-state index is -0.917. The molecule has 1 aliphatic heterocycles. The summed E-state index contributed by atoms with van der Waals surface area (Å²) in [6.45, 7) is 4.61. The summed E-state index contributed by atoms with van der Waals surface area (Å²) in [4.78, 5) is 0. The maximum Gasteiger partial charge on any atom is 0.231 e. The first-order valence-electron chi connectivity index (χ1n) is 8.92. The quantitative estimate of drug-likeness (QED) is 0.486. The summed E-state index contributed by atoms with van der Waals surface area (Å²) < 4.78 is 37.3. The number of benzene rings is 1. The van der Waals surface area contributed by atoms with Gasteiger partial charge in [0.15, 0.2) is 11.5 Å². The van der Waals surface area contributed by atoms with Crippen molar-refractivity contribution >= 4 is 22.6 Å². The van der Waals surface area contributed by atoms with Gasteiger partial charge in [-0.25, -0.2) is 0 Å². The fourth-order valence-corrected chi connectivity index (χ4v) is 3.99.